The normalized spacial score (nSPS) is 29.5. The molecular formula is C8H10O2. The molecule has 2 unspecified atom stereocenters. The van der Waals surface area contributed by atoms with E-state index in [4.69, 9.17) is 4.74 Å². The Balaban J connectivity index is 2.52. The number of hydrogen-bond acceptors (Lipinski definition) is 2. The van der Waals surface area contributed by atoms with E-state index in [1.165, 1.54) is 0 Å². The van der Waals surface area contributed by atoms with Crippen LogP contribution in [0.3, 0.4) is 0 Å². The molecule has 0 saturated heterocycles. The summed E-state index contributed by atoms with van der Waals surface area (Å²) in [4.78, 5) is 10.1. The number of hydrogen-bond donors (Lipinski definition) is 0. The molecule has 0 N–H and O–H groups in total. The fourth-order valence-electron chi connectivity index (χ4n) is 1.01. The Kier molecular flexibility index (Phi) is 2.05. The lowest BCUT2D eigenvalue weighted by molar-refractivity contribution is 0.133. The molecule has 1 rings (SSSR count). The van der Waals surface area contributed by atoms with Gasteiger partial charge in [0, 0.05) is 12.5 Å². The van der Waals surface area contributed by atoms with Crippen LogP contribution in [0.1, 0.15) is 6.92 Å². The van der Waals surface area contributed by atoms with Crippen molar-refractivity contribution in [2.45, 2.75) is 13.0 Å². The first-order valence-electron chi connectivity index (χ1n) is 3.34. The molecule has 2 heteroatoms. The Hall–Kier alpha value is -0.850. The van der Waals surface area contributed by atoms with Gasteiger partial charge in [0.1, 0.15) is 12.0 Å². The first kappa shape index (κ1) is 7.26. The van der Waals surface area contributed by atoms with Crippen molar-refractivity contribution < 1.29 is 9.53 Å². The Labute approximate surface area is 60.2 Å². The maximum absolute atomic E-state index is 10.1. The summed E-state index contributed by atoms with van der Waals surface area (Å²) >= 11 is 0. The second kappa shape index (κ2) is 2.82. The van der Waals surface area contributed by atoms with Crippen LogP contribution in [-0.4, -0.2) is 18.7 Å². The molecule has 0 aromatic heterocycles. The molecule has 54 valence electrons. The quantitative estimate of drug-likeness (QED) is 0.429. The molecule has 0 bridgehead atoms. The van der Waals surface area contributed by atoms with Crippen molar-refractivity contribution >= 4 is 5.94 Å². The Morgan fingerprint density at radius 3 is 2.90 bits per heavy atom. The summed E-state index contributed by atoms with van der Waals surface area (Å²) in [6.07, 6.45) is 1.71. The second-order valence-electron chi connectivity index (χ2n) is 2.19. The van der Waals surface area contributed by atoms with Gasteiger partial charge in [-0.2, -0.15) is 0 Å². The van der Waals surface area contributed by atoms with Crippen molar-refractivity contribution in [1.29, 1.82) is 0 Å². The van der Waals surface area contributed by atoms with Gasteiger partial charge in [-0.05, 0) is 6.92 Å². The summed E-state index contributed by atoms with van der Waals surface area (Å²) in [5.41, 5.74) is 0.705. The van der Waals surface area contributed by atoms with E-state index in [0.717, 1.165) is 0 Å². The van der Waals surface area contributed by atoms with E-state index in [9.17, 15) is 4.79 Å². The van der Waals surface area contributed by atoms with E-state index in [2.05, 4.69) is 6.58 Å². The molecule has 10 heavy (non-hydrogen) atoms. The lowest BCUT2D eigenvalue weighted by Gasteiger charge is -1.91. The van der Waals surface area contributed by atoms with Gasteiger partial charge in [0.25, 0.3) is 0 Å². The summed E-state index contributed by atoms with van der Waals surface area (Å²) < 4.78 is 5.19. The van der Waals surface area contributed by atoms with Crippen LogP contribution in [0.15, 0.2) is 18.2 Å². The molecule has 1 fully saturated rings. The highest BCUT2D eigenvalue weighted by Gasteiger charge is 2.44. The van der Waals surface area contributed by atoms with Gasteiger partial charge in [-0.1, -0.05) is 6.08 Å². The fraction of sp³-hybridized carbons (Fsp3) is 0.500. The van der Waals surface area contributed by atoms with Crippen LogP contribution in [0.2, 0.25) is 0 Å². The average molecular weight is 138 g/mol. The van der Waals surface area contributed by atoms with Gasteiger partial charge in [-0.3, -0.25) is 0 Å². The van der Waals surface area contributed by atoms with Gasteiger partial charge in [0.05, 0.1) is 5.57 Å². The van der Waals surface area contributed by atoms with E-state index in [1.807, 2.05) is 12.9 Å². The van der Waals surface area contributed by atoms with Crippen molar-refractivity contribution in [2.24, 2.45) is 5.92 Å². The van der Waals surface area contributed by atoms with Gasteiger partial charge in [0.2, 0.25) is 0 Å². The molecular weight excluding hydrogens is 128 g/mol. The van der Waals surface area contributed by atoms with E-state index < -0.39 is 0 Å². The molecule has 1 aliphatic rings. The summed E-state index contributed by atoms with van der Waals surface area (Å²) in [7, 11) is 0. The zero-order chi connectivity index (χ0) is 7.56. The van der Waals surface area contributed by atoms with E-state index >= 15 is 0 Å². The highest BCUT2D eigenvalue weighted by atomic mass is 16.5. The van der Waals surface area contributed by atoms with E-state index in [1.54, 1.807) is 6.08 Å². The second-order valence-corrected chi connectivity index (χ2v) is 2.19. The Morgan fingerprint density at radius 1 is 1.90 bits per heavy atom. The molecule has 0 aromatic carbocycles. The first-order valence-corrected chi connectivity index (χ1v) is 3.34. The minimum Gasteiger partial charge on any atom is -0.372 e. The predicted molar refractivity (Wildman–Crippen MR) is 38.3 cm³/mol. The molecule has 0 amide bonds. The lowest BCUT2D eigenvalue weighted by Crippen LogP contribution is -1.94. The van der Waals surface area contributed by atoms with Gasteiger partial charge in [0.15, 0.2) is 0 Å². The van der Waals surface area contributed by atoms with Crippen LogP contribution >= 0.6 is 0 Å². The van der Waals surface area contributed by atoms with Crippen LogP contribution in [0.25, 0.3) is 0 Å². The molecule has 1 aliphatic carbocycles. The SMILES string of the molecule is C=CC1C(=C=O)C1OCC. The van der Waals surface area contributed by atoms with Crippen LogP contribution in [0.5, 0.6) is 0 Å². The van der Waals surface area contributed by atoms with Crippen molar-refractivity contribution in [3.05, 3.63) is 18.2 Å². The molecule has 0 radical (unpaired) electrons. The van der Waals surface area contributed by atoms with E-state index in [0.29, 0.717) is 12.2 Å². The van der Waals surface area contributed by atoms with Crippen molar-refractivity contribution in [3.8, 4) is 0 Å². The smallest absolute Gasteiger partial charge is 0.127 e. The number of carbonyl (C=O) groups excluding carboxylic acids is 1. The summed E-state index contributed by atoms with van der Waals surface area (Å²) in [5.74, 6) is 1.98. The molecule has 2 nitrogen and oxygen atoms in total. The maximum atomic E-state index is 10.1. The lowest BCUT2D eigenvalue weighted by atomic mass is 10.4. The third kappa shape index (κ3) is 1.04. The summed E-state index contributed by atoms with van der Waals surface area (Å²) in [5, 5.41) is 0. The molecule has 0 spiro atoms. The Bertz CT molecular complexity index is 189. The minimum absolute atomic E-state index is 0.0139. The van der Waals surface area contributed by atoms with Crippen LogP contribution in [0, 0.1) is 5.92 Å². The third-order valence-corrected chi connectivity index (χ3v) is 1.60. The number of ether oxygens (including phenoxy) is 1. The van der Waals surface area contributed by atoms with E-state index in [-0.39, 0.29) is 12.0 Å². The zero-order valence-corrected chi connectivity index (χ0v) is 5.96. The van der Waals surface area contributed by atoms with Crippen LogP contribution in [-0.2, 0) is 9.53 Å². The molecule has 0 heterocycles. The maximum Gasteiger partial charge on any atom is 0.127 e. The van der Waals surface area contributed by atoms with Crippen LogP contribution in [0.4, 0.5) is 0 Å². The highest BCUT2D eigenvalue weighted by Crippen LogP contribution is 2.39. The van der Waals surface area contributed by atoms with Crippen LogP contribution < -0.4 is 0 Å². The van der Waals surface area contributed by atoms with Gasteiger partial charge in [-0.15, -0.1) is 6.58 Å². The summed E-state index contributed by atoms with van der Waals surface area (Å²) in [6, 6.07) is 0. The summed E-state index contributed by atoms with van der Waals surface area (Å²) in [6.45, 7) is 6.12. The van der Waals surface area contributed by atoms with Gasteiger partial charge >= 0.3 is 0 Å². The molecule has 0 aliphatic heterocycles. The fourth-order valence-corrected chi connectivity index (χ4v) is 1.01. The standard InChI is InChI=1S/C8H10O2/c1-3-6-7(5-9)8(6)10-4-2/h3,6,8H,1,4H2,2H3. The topological polar surface area (TPSA) is 26.3 Å². The highest BCUT2D eigenvalue weighted by molar-refractivity contribution is 5.64. The van der Waals surface area contributed by atoms with Crippen molar-refractivity contribution in [1.82, 2.24) is 0 Å². The molecule has 1 saturated carbocycles. The van der Waals surface area contributed by atoms with Gasteiger partial charge < -0.3 is 4.74 Å². The van der Waals surface area contributed by atoms with Crippen molar-refractivity contribution in [2.75, 3.05) is 6.61 Å². The number of rotatable bonds is 3. The zero-order valence-electron chi connectivity index (χ0n) is 5.96. The molecule has 0 aromatic rings. The average Bonchev–Trinajstić information content (AvgIpc) is 2.62. The van der Waals surface area contributed by atoms with Crippen molar-refractivity contribution in [3.63, 3.8) is 0 Å². The first-order chi connectivity index (χ1) is 4.85. The predicted octanol–water partition coefficient (Wildman–Crippen LogP) is 0.965. The largest absolute Gasteiger partial charge is 0.372 e. The third-order valence-electron chi connectivity index (χ3n) is 1.60. The Morgan fingerprint density at radius 2 is 2.60 bits per heavy atom. The minimum atomic E-state index is -0.0139. The monoisotopic (exact) mass is 138 g/mol. The van der Waals surface area contributed by atoms with Gasteiger partial charge in [-0.25, -0.2) is 4.79 Å². The molecule has 2 atom stereocenters.